The Balaban J connectivity index is -0.0000000166. The summed E-state index contributed by atoms with van der Waals surface area (Å²) in [6.45, 7) is 10.7. The Morgan fingerprint density at radius 2 is 0.929 bits per heavy atom. The van der Waals surface area contributed by atoms with E-state index in [1.807, 2.05) is 20.8 Å². The third kappa shape index (κ3) is 164. The fourth-order valence-corrected chi connectivity index (χ4v) is 0.354. The molecule has 0 aliphatic rings. The van der Waals surface area contributed by atoms with E-state index in [9.17, 15) is 0 Å². The monoisotopic (exact) mass is 210 g/mol. The first-order valence-corrected chi connectivity index (χ1v) is 4.94. The summed E-state index contributed by atoms with van der Waals surface area (Å²) in [6.07, 6.45) is 4.95. The second kappa shape index (κ2) is 75.4. The maximum atomic E-state index is 7.88. The summed E-state index contributed by atoms with van der Waals surface area (Å²) in [5.41, 5.74) is 0. The minimum absolute atomic E-state index is 0. The van der Waals surface area contributed by atoms with Crippen LogP contribution >= 0.6 is 0 Å². The summed E-state index contributed by atoms with van der Waals surface area (Å²) < 4.78 is 0. The summed E-state index contributed by atoms with van der Waals surface area (Å²) in [7, 11) is 0. The third-order valence-corrected chi connectivity index (χ3v) is 0.931. The molecule has 0 heterocycles. The first kappa shape index (κ1) is 37.0. The Hall–Kier alpha value is -0.0400. The molecule has 0 saturated carbocycles. The zero-order chi connectivity index (χ0) is 9.54. The zero-order valence-corrected chi connectivity index (χ0v) is 8.98. The fraction of sp³-hybridized carbons (Fsp3) is 1.00. The van der Waals surface area contributed by atoms with Gasteiger partial charge in [-0.15, -0.1) is 0 Å². The zero-order valence-electron chi connectivity index (χ0n) is 8.98. The predicted octanol–water partition coefficient (Wildman–Crippen LogP) is 5.52. The van der Waals surface area contributed by atoms with E-state index < -0.39 is 0 Å². The molecule has 1 nitrogen and oxygen atoms in total. The van der Waals surface area contributed by atoms with Crippen molar-refractivity contribution < 1.29 is 5.11 Å². The molecule has 0 spiro atoms. The minimum Gasteiger partial charge on any atom is -0.396 e. The van der Waals surface area contributed by atoms with Gasteiger partial charge in [-0.1, -0.05) is 76.2 Å². The van der Waals surface area contributed by atoms with Gasteiger partial charge in [0.25, 0.3) is 0 Å². The van der Waals surface area contributed by atoms with Crippen LogP contribution in [0.15, 0.2) is 0 Å². The van der Waals surface area contributed by atoms with Gasteiger partial charge in [0.15, 0.2) is 0 Å². The molecule has 0 atom stereocenters. The molecule has 0 aromatic heterocycles. The van der Waals surface area contributed by atoms with E-state index in [2.05, 4.69) is 13.8 Å². The number of unbranched alkanes of at least 4 members (excludes halogenated alkanes) is 2. The number of aliphatic hydroxyl groups is 1. The van der Waals surface area contributed by atoms with Crippen molar-refractivity contribution in [1.82, 2.24) is 0 Å². The van der Waals surface area contributed by atoms with Crippen molar-refractivity contribution in [1.29, 1.82) is 0 Å². The average Bonchev–Trinajstić information content (AvgIpc) is 2.10. The Bertz CT molecular complexity index is 24.4. The van der Waals surface area contributed by atoms with E-state index in [0.29, 0.717) is 6.61 Å². The van der Waals surface area contributed by atoms with Gasteiger partial charge in [-0.05, 0) is 6.42 Å². The van der Waals surface area contributed by atoms with Crippen molar-refractivity contribution in [2.45, 2.75) is 82.6 Å². The lowest BCUT2D eigenvalue weighted by molar-refractivity contribution is 0.295. The molecule has 0 radical (unpaired) electrons. The van der Waals surface area contributed by atoms with Gasteiger partial charge in [-0.25, -0.2) is 0 Å². The predicted molar refractivity (Wildman–Crippen MR) is 74.1 cm³/mol. The van der Waals surface area contributed by atoms with E-state index in [4.69, 9.17) is 5.11 Å². The van der Waals surface area contributed by atoms with Crippen molar-refractivity contribution in [3.8, 4) is 0 Å². The van der Waals surface area contributed by atoms with Gasteiger partial charge in [-0.2, -0.15) is 0 Å². The minimum atomic E-state index is 0. The van der Waals surface area contributed by atoms with Crippen molar-refractivity contribution >= 4 is 0 Å². The largest absolute Gasteiger partial charge is 0.396 e. The van der Waals surface area contributed by atoms with E-state index >= 15 is 0 Å². The van der Waals surface area contributed by atoms with Crippen LogP contribution in [0, 0.1) is 0 Å². The maximum absolute atomic E-state index is 7.88. The van der Waals surface area contributed by atoms with Crippen LogP contribution in [0.5, 0.6) is 0 Å². The molecular weight excluding hydrogens is 172 g/mol. The van der Waals surface area contributed by atoms with Gasteiger partial charge in [0.1, 0.15) is 0 Å². The molecule has 0 aromatic rings. The first-order chi connectivity index (χ1) is 5.33. The highest BCUT2D eigenvalue weighted by Crippen LogP contribution is 1.88. The molecule has 14 heavy (non-hydrogen) atoms. The second-order valence-electron chi connectivity index (χ2n) is 2.08. The number of aliphatic hydroxyl groups excluding tert-OH is 1. The Labute approximate surface area is 94.9 Å². The van der Waals surface area contributed by atoms with Gasteiger partial charge < -0.3 is 5.11 Å². The van der Waals surface area contributed by atoms with Crippen molar-refractivity contribution in [3.63, 3.8) is 0 Å². The normalized spacial score (nSPS) is 5.57. The van der Waals surface area contributed by atoms with Crippen LogP contribution in [0.25, 0.3) is 0 Å². The number of hydrogen-bond donors (Lipinski definition) is 1. The molecule has 0 unspecified atom stereocenters. The number of hydrogen-bond acceptors (Lipinski definition) is 1. The summed E-state index contributed by atoms with van der Waals surface area (Å²) in [6, 6.07) is 0. The molecule has 1 heteroatoms. The molecule has 1 N–H and O–H groups in total. The summed E-state index contributed by atoms with van der Waals surface area (Å²) in [4.78, 5) is 0. The van der Waals surface area contributed by atoms with E-state index in [0.717, 1.165) is 6.42 Å². The molecule has 0 aliphatic heterocycles. The molecule has 0 fully saturated rings. The molecule has 0 rings (SSSR count). The Morgan fingerprint density at radius 1 is 0.714 bits per heavy atom. The molecule has 0 saturated heterocycles. The lowest BCUT2D eigenvalue weighted by atomic mass is 10.3. The Morgan fingerprint density at radius 3 is 0.929 bits per heavy atom. The van der Waals surface area contributed by atoms with Crippen molar-refractivity contribution in [3.05, 3.63) is 0 Å². The SMILES string of the molecule is C.C.C.CC.CCCCC.CCCO. The summed E-state index contributed by atoms with van der Waals surface area (Å²) in [5.74, 6) is 0. The van der Waals surface area contributed by atoms with E-state index in [1.54, 1.807) is 0 Å². The highest BCUT2D eigenvalue weighted by atomic mass is 16.2. The highest BCUT2D eigenvalue weighted by Gasteiger charge is 1.68. The lowest BCUT2D eigenvalue weighted by Gasteiger charge is -1.79. The van der Waals surface area contributed by atoms with Crippen LogP contribution < -0.4 is 0 Å². The maximum Gasteiger partial charge on any atom is 0.0428 e. The molecule has 0 aliphatic carbocycles. The van der Waals surface area contributed by atoms with E-state index in [-0.39, 0.29) is 22.3 Å². The van der Waals surface area contributed by atoms with Crippen molar-refractivity contribution in [2.24, 2.45) is 0 Å². The lowest BCUT2D eigenvalue weighted by Crippen LogP contribution is -1.69. The van der Waals surface area contributed by atoms with Crippen LogP contribution in [-0.4, -0.2) is 11.7 Å². The van der Waals surface area contributed by atoms with Gasteiger partial charge in [0.05, 0.1) is 0 Å². The second-order valence-corrected chi connectivity index (χ2v) is 2.08. The topological polar surface area (TPSA) is 20.2 Å². The van der Waals surface area contributed by atoms with Crippen LogP contribution in [-0.2, 0) is 0 Å². The highest BCUT2D eigenvalue weighted by molar-refractivity contribution is 4.24. The van der Waals surface area contributed by atoms with Gasteiger partial charge in [0, 0.05) is 6.61 Å². The molecular formula is C13H38O. The smallest absolute Gasteiger partial charge is 0.0428 e. The van der Waals surface area contributed by atoms with Crippen LogP contribution in [0.1, 0.15) is 82.6 Å². The summed E-state index contributed by atoms with van der Waals surface area (Å²) in [5, 5.41) is 7.88. The van der Waals surface area contributed by atoms with Crippen LogP contribution in [0.3, 0.4) is 0 Å². The van der Waals surface area contributed by atoms with Gasteiger partial charge in [0.2, 0.25) is 0 Å². The molecule has 0 bridgehead atoms. The molecule has 96 valence electrons. The van der Waals surface area contributed by atoms with Crippen LogP contribution in [0.2, 0.25) is 0 Å². The Kier molecular flexibility index (Phi) is 199. The fourth-order valence-electron chi connectivity index (χ4n) is 0.354. The summed E-state index contributed by atoms with van der Waals surface area (Å²) >= 11 is 0. The van der Waals surface area contributed by atoms with Crippen molar-refractivity contribution in [2.75, 3.05) is 6.61 Å². The van der Waals surface area contributed by atoms with Crippen LogP contribution in [0.4, 0.5) is 0 Å². The standard InChI is InChI=1S/C5H12.C3H8O.C2H6.3CH4/c1-3-5-4-2;1-2-3-4;1-2;;;/h3-5H2,1-2H3;4H,2-3H2,1H3;1-2H3;3*1H4. The average molecular weight is 210 g/mol. The van der Waals surface area contributed by atoms with Gasteiger partial charge >= 0.3 is 0 Å². The van der Waals surface area contributed by atoms with E-state index in [1.165, 1.54) is 19.3 Å². The third-order valence-electron chi connectivity index (χ3n) is 0.931. The molecule has 0 amide bonds. The number of rotatable bonds is 3. The quantitative estimate of drug-likeness (QED) is 0.650. The first-order valence-electron chi connectivity index (χ1n) is 4.94. The van der Waals surface area contributed by atoms with Gasteiger partial charge in [-0.3, -0.25) is 0 Å². The molecule has 0 aromatic carbocycles.